The summed E-state index contributed by atoms with van der Waals surface area (Å²) in [6.07, 6.45) is 1.86. The second kappa shape index (κ2) is 7.99. The number of methoxy groups -OCH3 is 1. The molecule has 0 atom stereocenters. The summed E-state index contributed by atoms with van der Waals surface area (Å²) in [6.45, 7) is 1.55. The number of anilines is 1. The summed E-state index contributed by atoms with van der Waals surface area (Å²) < 4.78 is 19.7. The molecule has 0 saturated carbocycles. The number of nitriles is 1. The predicted molar refractivity (Wildman–Crippen MR) is 109 cm³/mol. The van der Waals surface area contributed by atoms with Gasteiger partial charge in [-0.1, -0.05) is 12.1 Å². The van der Waals surface area contributed by atoms with Crippen molar-refractivity contribution in [2.75, 3.05) is 25.1 Å². The number of aromatic nitrogens is 1. The zero-order chi connectivity index (χ0) is 19.5. The van der Waals surface area contributed by atoms with E-state index >= 15 is 0 Å². The number of para-hydroxylation sites is 1. The van der Waals surface area contributed by atoms with Gasteiger partial charge in [0.1, 0.15) is 11.6 Å². The molecule has 4 rings (SSSR count). The van der Waals surface area contributed by atoms with Crippen molar-refractivity contribution in [2.24, 2.45) is 0 Å². The van der Waals surface area contributed by atoms with Crippen LogP contribution in [0.4, 0.5) is 10.1 Å². The van der Waals surface area contributed by atoms with E-state index in [0.29, 0.717) is 17.2 Å². The van der Waals surface area contributed by atoms with E-state index in [1.807, 2.05) is 30.3 Å². The van der Waals surface area contributed by atoms with E-state index in [4.69, 9.17) is 15.0 Å². The van der Waals surface area contributed by atoms with Crippen LogP contribution in [0.25, 0.3) is 11.3 Å². The van der Waals surface area contributed by atoms with E-state index in [9.17, 15) is 4.39 Å². The molecule has 0 N–H and O–H groups in total. The molecule has 0 bridgehead atoms. The molecule has 2 aromatic carbocycles. The molecule has 28 heavy (non-hydrogen) atoms. The van der Waals surface area contributed by atoms with Crippen LogP contribution < -0.4 is 9.64 Å². The third-order valence-corrected chi connectivity index (χ3v) is 6.17. The van der Waals surface area contributed by atoms with Gasteiger partial charge in [0.15, 0.2) is 0 Å². The number of nitrogens with zero attached hydrogens (tertiary/aromatic N) is 3. The first kappa shape index (κ1) is 18.5. The summed E-state index contributed by atoms with van der Waals surface area (Å²) in [7, 11) is 1.67. The minimum Gasteiger partial charge on any atom is -0.496 e. The van der Waals surface area contributed by atoms with Crippen molar-refractivity contribution < 1.29 is 9.13 Å². The van der Waals surface area contributed by atoms with Crippen LogP contribution in [0.15, 0.2) is 47.8 Å². The van der Waals surface area contributed by atoms with Gasteiger partial charge in [-0.3, -0.25) is 0 Å². The monoisotopic (exact) mass is 393 g/mol. The molecule has 1 aliphatic heterocycles. The van der Waals surface area contributed by atoms with Crippen molar-refractivity contribution in [1.29, 1.82) is 5.26 Å². The summed E-state index contributed by atoms with van der Waals surface area (Å²) >= 11 is 1.68. The molecule has 4 nitrogen and oxygen atoms in total. The van der Waals surface area contributed by atoms with Gasteiger partial charge in [0, 0.05) is 30.0 Å². The quantitative estimate of drug-likeness (QED) is 0.610. The Morgan fingerprint density at radius 2 is 2.00 bits per heavy atom. The number of rotatable bonds is 4. The van der Waals surface area contributed by atoms with Gasteiger partial charge in [0.05, 0.1) is 35.1 Å². The molecule has 1 aliphatic rings. The summed E-state index contributed by atoms with van der Waals surface area (Å²) in [6, 6.07) is 14.6. The van der Waals surface area contributed by atoms with Gasteiger partial charge in [-0.05, 0) is 43.2 Å². The largest absolute Gasteiger partial charge is 0.496 e. The van der Waals surface area contributed by atoms with Gasteiger partial charge in [0.25, 0.3) is 0 Å². The Kier molecular flexibility index (Phi) is 5.27. The molecule has 1 saturated heterocycles. The first-order valence-corrected chi connectivity index (χ1v) is 10.1. The summed E-state index contributed by atoms with van der Waals surface area (Å²) in [5.74, 6) is 0.877. The predicted octanol–water partition coefficient (Wildman–Crippen LogP) is 5.21. The highest BCUT2D eigenvalue weighted by molar-refractivity contribution is 7.10. The molecule has 3 aromatic rings. The fraction of sp³-hybridized carbons (Fsp3) is 0.273. The second-order valence-electron chi connectivity index (χ2n) is 6.81. The summed E-state index contributed by atoms with van der Waals surface area (Å²) in [5, 5.41) is 12.1. The van der Waals surface area contributed by atoms with E-state index in [2.05, 4.69) is 10.3 Å². The minimum atomic E-state index is -0.329. The van der Waals surface area contributed by atoms with Crippen molar-refractivity contribution >= 4 is 17.0 Å². The molecule has 0 amide bonds. The lowest BCUT2D eigenvalue weighted by molar-refractivity contribution is 0.416. The number of hydrogen-bond acceptors (Lipinski definition) is 5. The average molecular weight is 393 g/mol. The first-order chi connectivity index (χ1) is 13.7. The van der Waals surface area contributed by atoms with Crippen LogP contribution in [0.1, 0.15) is 29.3 Å². The van der Waals surface area contributed by atoms with Crippen LogP contribution >= 0.6 is 11.3 Å². The lowest BCUT2D eigenvalue weighted by Gasteiger charge is -2.33. The molecular formula is C22H20FN3OS. The molecule has 0 aliphatic carbocycles. The highest BCUT2D eigenvalue weighted by Crippen LogP contribution is 2.36. The highest BCUT2D eigenvalue weighted by Gasteiger charge is 2.25. The normalized spacial score (nSPS) is 14.7. The minimum absolute atomic E-state index is 0.329. The zero-order valence-electron chi connectivity index (χ0n) is 15.6. The van der Waals surface area contributed by atoms with Gasteiger partial charge < -0.3 is 9.64 Å². The molecule has 0 radical (unpaired) electrons. The third kappa shape index (κ3) is 3.58. The van der Waals surface area contributed by atoms with Gasteiger partial charge in [-0.25, -0.2) is 9.37 Å². The zero-order valence-corrected chi connectivity index (χ0v) is 16.4. The van der Waals surface area contributed by atoms with Gasteiger partial charge >= 0.3 is 0 Å². The number of piperidine rings is 1. The Hall–Kier alpha value is -2.91. The maximum atomic E-state index is 14.3. The second-order valence-corrected chi connectivity index (χ2v) is 7.70. The Bertz CT molecular complexity index is 1020. The number of thiazole rings is 1. The fourth-order valence-corrected chi connectivity index (χ4v) is 4.65. The van der Waals surface area contributed by atoms with E-state index in [-0.39, 0.29) is 5.82 Å². The molecule has 2 heterocycles. The molecule has 0 unspecified atom stereocenters. The standard InChI is InChI=1S/C22H20FN3OS/c1-27-21-5-3-2-4-17(21)19-14-28-22(25-19)16-8-10-26(11-9-16)20-7-6-15(13-24)12-18(20)23/h2-7,12,14,16H,8-11H2,1H3. The third-order valence-electron chi connectivity index (χ3n) is 5.17. The molecule has 1 aromatic heterocycles. The van der Waals surface area contributed by atoms with E-state index in [1.165, 1.54) is 6.07 Å². The number of halogens is 1. The Labute approximate surface area is 167 Å². The average Bonchev–Trinajstić information content (AvgIpc) is 3.24. The van der Waals surface area contributed by atoms with Gasteiger partial charge in [-0.15, -0.1) is 11.3 Å². The number of hydrogen-bond donors (Lipinski definition) is 0. The molecule has 142 valence electrons. The molecule has 0 spiro atoms. The van der Waals surface area contributed by atoms with Crippen LogP contribution in [0.3, 0.4) is 0 Å². The smallest absolute Gasteiger partial charge is 0.147 e. The van der Waals surface area contributed by atoms with Crippen molar-refractivity contribution in [3.8, 4) is 23.1 Å². The molecule has 6 heteroatoms. The lowest BCUT2D eigenvalue weighted by Crippen LogP contribution is -2.33. The van der Waals surface area contributed by atoms with Crippen LogP contribution in [0.2, 0.25) is 0 Å². The van der Waals surface area contributed by atoms with Crippen molar-refractivity contribution in [3.63, 3.8) is 0 Å². The van der Waals surface area contributed by atoms with Gasteiger partial charge in [-0.2, -0.15) is 5.26 Å². The Balaban J connectivity index is 1.46. The SMILES string of the molecule is COc1ccccc1-c1csc(C2CCN(c3ccc(C#N)cc3F)CC2)n1. The van der Waals surface area contributed by atoms with E-state index in [0.717, 1.165) is 47.9 Å². The lowest BCUT2D eigenvalue weighted by atomic mass is 9.97. The van der Waals surface area contributed by atoms with Gasteiger partial charge in [0.2, 0.25) is 0 Å². The summed E-state index contributed by atoms with van der Waals surface area (Å²) in [5.41, 5.74) is 2.87. The first-order valence-electron chi connectivity index (χ1n) is 9.23. The fourth-order valence-electron chi connectivity index (χ4n) is 3.66. The molecule has 1 fully saturated rings. The van der Waals surface area contributed by atoms with E-state index in [1.54, 1.807) is 30.6 Å². The van der Waals surface area contributed by atoms with Crippen LogP contribution in [-0.2, 0) is 0 Å². The highest BCUT2D eigenvalue weighted by atomic mass is 32.1. The van der Waals surface area contributed by atoms with Crippen LogP contribution in [-0.4, -0.2) is 25.2 Å². The Morgan fingerprint density at radius 3 is 2.71 bits per heavy atom. The topological polar surface area (TPSA) is 49.1 Å². The van der Waals surface area contributed by atoms with Crippen molar-refractivity contribution in [2.45, 2.75) is 18.8 Å². The number of benzene rings is 2. The van der Waals surface area contributed by atoms with Crippen molar-refractivity contribution in [3.05, 3.63) is 64.2 Å². The maximum Gasteiger partial charge on any atom is 0.147 e. The summed E-state index contributed by atoms with van der Waals surface area (Å²) in [4.78, 5) is 6.92. The maximum absolute atomic E-state index is 14.3. The van der Waals surface area contributed by atoms with E-state index < -0.39 is 0 Å². The Morgan fingerprint density at radius 1 is 1.21 bits per heavy atom. The molecular weight excluding hydrogens is 373 g/mol. The van der Waals surface area contributed by atoms with Crippen LogP contribution in [0, 0.1) is 17.1 Å². The van der Waals surface area contributed by atoms with Crippen LogP contribution in [0.5, 0.6) is 5.75 Å². The van der Waals surface area contributed by atoms with Crippen molar-refractivity contribution in [1.82, 2.24) is 4.98 Å². The number of ether oxygens (including phenoxy) is 1.